The van der Waals surface area contributed by atoms with Crippen LogP contribution in [0, 0.1) is 5.92 Å². The van der Waals surface area contributed by atoms with E-state index >= 15 is 0 Å². The van der Waals surface area contributed by atoms with E-state index in [0.29, 0.717) is 24.2 Å². The number of imidazole rings is 1. The van der Waals surface area contributed by atoms with Crippen molar-refractivity contribution in [2.24, 2.45) is 5.92 Å². The number of benzene rings is 1. The van der Waals surface area contributed by atoms with Gasteiger partial charge in [-0.25, -0.2) is 14.5 Å². The van der Waals surface area contributed by atoms with Crippen LogP contribution in [0.15, 0.2) is 22.9 Å². The molecule has 1 atom stereocenters. The molecule has 0 spiro atoms. The number of ether oxygens (including phenoxy) is 1. The molecule has 1 fully saturated rings. The molecule has 2 aromatic heterocycles. The summed E-state index contributed by atoms with van der Waals surface area (Å²) in [6.07, 6.45) is 4.97. The summed E-state index contributed by atoms with van der Waals surface area (Å²) in [5, 5.41) is 17.3. The zero-order valence-corrected chi connectivity index (χ0v) is 18.6. The van der Waals surface area contributed by atoms with Crippen LogP contribution in [0.3, 0.4) is 0 Å². The van der Waals surface area contributed by atoms with Gasteiger partial charge in [0.05, 0.1) is 30.5 Å². The van der Waals surface area contributed by atoms with Crippen molar-refractivity contribution < 1.29 is 14.6 Å². The van der Waals surface area contributed by atoms with E-state index in [1.54, 1.807) is 11.6 Å². The topological polar surface area (TPSA) is 128 Å². The number of aromatic nitrogens is 4. The van der Waals surface area contributed by atoms with E-state index in [4.69, 9.17) is 15.5 Å². The SMILES string of the molecule is COc1ccc(Br)c2c1NC(c1nc([C@H]3CC[C@H](C(=O)O)CC3)n3ncnc(N)c13)C2. The van der Waals surface area contributed by atoms with Crippen LogP contribution in [0.1, 0.15) is 54.7 Å². The van der Waals surface area contributed by atoms with E-state index in [1.807, 2.05) is 12.1 Å². The standard InChI is InChI=1S/C21H23BrN6O3/c1-31-15-7-6-13(22)12-8-14(26-16(12)15)17-18-19(23)24-9-25-28(18)20(27-17)10-2-4-11(5-3-10)21(29)30/h6-7,9-11,14,26H,2-5,8H2,1H3,(H,29,30)(H2,23,24,25)/t10-,11-,14?. The van der Waals surface area contributed by atoms with Crippen LogP contribution in [-0.2, 0) is 11.2 Å². The van der Waals surface area contributed by atoms with E-state index in [1.165, 1.54) is 6.33 Å². The highest BCUT2D eigenvalue weighted by Crippen LogP contribution is 2.45. The van der Waals surface area contributed by atoms with Gasteiger partial charge in [0.25, 0.3) is 0 Å². The molecule has 0 radical (unpaired) electrons. The van der Waals surface area contributed by atoms with Gasteiger partial charge in [0.2, 0.25) is 0 Å². The predicted molar refractivity (Wildman–Crippen MR) is 118 cm³/mol. The summed E-state index contributed by atoms with van der Waals surface area (Å²) in [7, 11) is 1.65. The lowest BCUT2D eigenvalue weighted by atomic mass is 9.82. The molecule has 1 aromatic carbocycles. The van der Waals surface area contributed by atoms with Crippen LogP contribution in [0.4, 0.5) is 11.5 Å². The van der Waals surface area contributed by atoms with Gasteiger partial charge in [-0.2, -0.15) is 5.10 Å². The molecular weight excluding hydrogens is 464 g/mol. The Morgan fingerprint density at radius 1 is 1.32 bits per heavy atom. The van der Waals surface area contributed by atoms with E-state index in [0.717, 1.165) is 52.3 Å². The van der Waals surface area contributed by atoms with Crippen molar-refractivity contribution in [2.45, 2.75) is 44.1 Å². The molecule has 0 bridgehead atoms. The molecule has 1 aliphatic heterocycles. The Morgan fingerprint density at radius 2 is 2.10 bits per heavy atom. The Labute approximate surface area is 187 Å². The molecule has 9 nitrogen and oxygen atoms in total. The van der Waals surface area contributed by atoms with Crippen molar-refractivity contribution in [3.05, 3.63) is 40.0 Å². The van der Waals surface area contributed by atoms with Crippen LogP contribution in [-0.4, -0.2) is 37.8 Å². The van der Waals surface area contributed by atoms with Crippen molar-refractivity contribution in [3.8, 4) is 5.75 Å². The summed E-state index contributed by atoms with van der Waals surface area (Å²) in [6, 6.07) is 3.81. The largest absolute Gasteiger partial charge is 0.495 e. The first-order chi connectivity index (χ1) is 15.0. The molecule has 1 saturated carbocycles. The Kier molecular flexibility index (Phi) is 4.96. The smallest absolute Gasteiger partial charge is 0.306 e. The number of nitrogen functional groups attached to an aromatic ring is 1. The number of hydrogen-bond donors (Lipinski definition) is 3. The number of nitrogens with one attached hydrogen (secondary N) is 1. The lowest BCUT2D eigenvalue weighted by Gasteiger charge is -2.24. The second-order valence-corrected chi connectivity index (χ2v) is 9.01. The molecule has 31 heavy (non-hydrogen) atoms. The molecule has 4 N–H and O–H groups in total. The van der Waals surface area contributed by atoms with Crippen LogP contribution in [0.25, 0.3) is 5.52 Å². The highest BCUT2D eigenvalue weighted by Gasteiger charge is 2.34. The van der Waals surface area contributed by atoms with Crippen LogP contribution in [0.5, 0.6) is 5.75 Å². The fraction of sp³-hybridized carbons (Fsp3) is 0.429. The number of nitrogens with two attached hydrogens (primary N) is 1. The average molecular weight is 487 g/mol. The fourth-order valence-corrected chi connectivity index (χ4v) is 5.33. The predicted octanol–water partition coefficient (Wildman–Crippen LogP) is 3.55. The van der Waals surface area contributed by atoms with Gasteiger partial charge in [0.1, 0.15) is 23.4 Å². The zero-order chi connectivity index (χ0) is 21.7. The molecule has 1 unspecified atom stereocenters. The molecule has 1 aliphatic carbocycles. The number of anilines is 2. The third-order valence-electron chi connectivity index (χ3n) is 6.45. The minimum atomic E-state index is -0.717. The van der Waals surface area contributed by atoms with Crippen molar-refractivity contribution in [2.75, 3.05) is 18.2 Å². The number of rotatable bonds is 4. The first kappa shape index (κ1) is 20.0. The number of aliphatic carboxylic acids is 1. The maximum absolute atomic E-state index is 11.3. The minimum Gasteiger partial charge on any atom is -0.495 e. The van der Waals surface area contributed by atoms with Crippen molar-refractivity contribution >= 4 is 38.9 Å². The van der Waals surface area contributed by atoms with Gasteiger partial charge in [-0.15, -0.1) is 0 Å². The third kappa shape index (κ3) is 3.29. The molecule has 10 heteroatoms. The van der Waals surface area contributed by atoms with Gasteiger partial charge in [0, 0.05) is 16.8 Å². The van der Waals surface area contributed by atoms with Gasteiger partial charge in [0.15, 0.2) is 5.82 Å². The van der Waals surface area contributed by atoms with Gasteiger partial charge >= 0.3 is 5.97 Å². The maximum atomic E-state index is 11.3. The van der Waals surface area contributed by atoms with Gasteiger partial charge < -0.3 is 20.9 Å². The molecule has 3 heterocycles. The normalized spacial score (nSPS) is 22.8. The Morgan fingerprint density at radius 3 is 2.81 bits per heavy atom. The number of halogens is 1. The molecule has 162 valence electrons. The summed E-state index contributed by atoms with van der Waals surface area (Å²) in [6.45, 7) is 0. The fourth-order valence-electron chi connectivity index (χ4n) is 4.83. The van der Waals surface area contributed by atoms with E-state index in [9.17, 15) is 9.90 Å². The quantitative estimate of drug-likeness (QED) is 0.510. The van der Waals surface area contributed by atoms with Crippen molar-refractivity contribution in [3.63, 3.8) is 0 Å². The van der Waals surface area contributed by atoms with Gasteiger partial charge in [-0.3, -0.25) is 4.79 Å². The molecule has 0 amide bonds. The molecule has 2 aliphatic rings. The molecule has 0 saturated heterocycles. The highest BCUT2D eigenvalue weighted by molar-refractivity contribution is 9.10. The van der Waals surface area contributed by atoms with E-state index < -0.39 is 5.97 Å². The molecule has 3 aromatic rings. The first-order valence-electron chi connectivity index (χ1n) is 10.3. The number of carbonyl (C=O) groups is 1. The third-order valence-corrected chi connectivity index (χ3v) is 7.19. The number of fused-ring (bicyclic) bond motifs is 2. The van der Waals surface area contributed by atoms with Crippen molar-refractivity contribution in [1.82, 2.24) is 19.6 Å². The second-order valence-electron chi connectivity index (χ2n) is 8.15. The minimum absolute atomic E-state index is 0.102. The van der Waals surface area contributed by atoms with Gasteiger partial charge in [-0.05, 0) is 43.4 Å². The summed E-state index contributed by atoms with van der Waals surface area (Å²) in [4.78, 5) is 20.5. The average Bonchev–Trinajstić information content (AvgIpc) is 3.38. The Hall–Kier alpha value is -2.88. The van der Waals surface area contributed by atoms with E-state index in [2.05, 4.69) is 31.3 Å². The first-order valence-corrected chi connectivity index (χ1v) is 11.1. The summed E-state index contributed by atoms with van der Waals surface area (Å²) < 4.78 is 8.34. The van der Waals surface area contributed by atoms with Crippen molar-refractivity contribution in [1.29, 1.82) is 0 Å². The lowest BCUT2D eigenvalue weighted by Crippen LogP contribution is -2.21. The van der Waals surface area contributed by atoms with E-state index in [-0.39, 0.29) is 17.9 Å². The molecular formula is C21H23BrN6O3. The number of methoxy groups -OCH3 is 1. The van der Waals surface area contributed by atoms with Crippen LogP contribution < -0.4 is 15.8 Å². The lowest BCUT2D eigenvalue weighted by molar-refractivity contribution is -0.142. The number of carboxylic acids is 1. The van der Waals surface area contributed by atoms with Gasteiger partial charge in [-0.1, -0.05) is 15.9 Å². The summed E-state index contributed by atoms with van der Waals surface area (Å²) in [5.74, 6) is 1.12. The second kappa shape index (κ2) is 7.67. The molecule has 5 rings (SSSR count). The van der Waals surface area contributed by atoms with Crippen LogP contribution in [0.2, 0.25) is 0 Å². The maximum Gasteiger partial charge on any atom is 0.306 e. The number of carboxylic acid groups (broad SMARTS) is 1. The summed E-state index contributed by atoms with van der Waals surface area (Å²) >= 11 is 3.64. The monoisotopic (exact) mass is 486 g/mol. The zero-order valence-electron chi connectivity index (χ0n) is 17.0. The van der Waals surface area contributed by atoms with Crippen LogP contribution >= 0.6 is 15.9 Å². The Bertz CT molecular complexity index is 1170. The highest BCUT2D eigenvalue weighted by atomic mass is 79.9. The summed E-state index contributed by atoms with van der Waals surface area (Å²) in [5.41, 5.74) is 9.86. The number of nitrogens with zero attached hydrogens (tertiary/aromatic N) is 4. The Balaban J connectivity index is 1.54. The number of hydrogen-bond acceptors (Lipinski definition) is 7.